The number of hydrogen-bond donors (Lipinski definition) is 1. The maximum absolute atomic E-state index is 5.93. The van der Waals surface area contributed by atoms with Crippen molar-refractivity contribution in [1.82, 2.24) is 5.32 Å². The number of aryl methyl sites for hydroxylation is 1. The van der Waals surface area contributed by atoms with E-state index >= 15 is 0 Å². The number of benzene rings is 1. The summed E-state index contributed by atoms with van der Waals surface area (Å²) in [7, 11) is 0. The van der Waals surface area contributed by atoms with Gasteiger partial charge in [-0.05, 0) is 52.0 Å². The molecule has 112 valence electrons. The van der Waals surface area contributed by atoms with E-state index in [-0.39, 0.29) is 5.54 Å². The molecule has 0 heterocycles. The van der Waals surface area contributed by atoms with Gasteiger partial charge in [0, 0.05) is 24.6 Å². The zero-order chi connectivity index (χ0) is 14.6. The van der Waals surface area contributed by atoms with E-state index in [0.29, 0.717) is 5.92 Å². The van der Waals surface area contributed by atoms with Crippen molar-refractivity contribution in [1.29, 1.82) is 0 Å². The number of nitrogens with one attached hydrogen (secondary N) is 1. The molecule has 0 spiro atoms. The Bertz CT molecular complexity index is 400. The number of hydrogen-bond acceptors (Lipinski definition) is 2. The summed E-state index contributed by atoms with van der Waals surface area (Å²) in [5, 5.41) is 3.61. The Morgan fingerprint density at radius 3 is 2.40 bits per heavy atom. The summed E-state index contributed by atoms with van der Waals surface area (Å²) in [6.07, 6.45) is 2.71. The summed E-state index contributed by atoms with van der Waals surface area (Å²) >= 11 is 0. The average Bonchev–Trinajstić information content (AvgIpc) is 3.18. The maximum Gasteiger partial charge on any atom is 0.0547 e. The molecule has 0 amide bonds. The van der Waals surface area contributed by atoms with Crippen LogP contribution in [0, 0.1) is 12.8 Å². The van der Waals surface area contributed by atoms with Gasteiger partial charge in [0.15, 0.2) is 0 Å². The van der Waals surface area contributed by atoms with Crippen molar-refractivity contribution < 1.29 is 4.74 Å². The molecule has 0 saturated heterocycles. The standard InChI is InChI=1S/C18H29NO/c1-14-5-9-16(10-6-14)17(11-19-18(2,3)4)13-20-12-15-7-8-15/h5-6,9-10,15,17,19H,7-8,11-13H2,1-4H3. The van der Waals surface area contributed by atoms with Crippen LogP contribution in [0.4, 0.5) is 0 Å². The van der Waals surface area contributed by atoms with Crippen LogP contribution in [0.15, 0.2) is 24.3 Å². The second kappa shape index (κ2) is 6.73. The van der Waals surface area contributed by atoms with E-state index in [1.54, 1.807) is 0 Å². The van der Waals surface area contributed by atoms with Crippen molar-refractivity contribution in [3.63, 3.8) is 0 Å². The van der Waals surface area contributed by atoms with Gasteiger partial charge in [-0.15, -0.1) is 0 Å². The zero-order valence-electron chi connectivity index (χ0n) is 13.4. The third kappa shape index (κ3) is 5.64. The van der Waals surface area contributed by atoms with Crippen LogP contribution in [0.25, 0.3) is 0 Å². The van der Waals surface area contributed by atoms with E-state index in [0.717, 1.165) is 25.7 Å². The Balaban J connectivity index is 1.92. The molecule has 1 aliphatic carbocycles. The first-order valence-electron chi connectivity index (χ1n) is 7.83. The van der Waals surface area contributed by atoms with Gasteiger partial charge < -0.3 is 10.1 Å². The van der Waals surface area contributed by atoms with Gasteiger partial charge in [-0.2, -0.15) is 0 Å². The zero-order valence-corrected chi connectivity index (χ0v) is 13.4. The fourth-order valence-corrected chi connectivity index (χ4v) is 2.20. The Kier molecular flexibility index (Phi) is 5.22. The molecule has 0 aliphatic heterocycles. The quantitative estimate of drug-likeness (QED) is 0.815. The average molecular weight is 275 g/mol. The van der Waals surface area contributed by atoms with Crippen LogP contribution < -0.4 is 5.32 Å². The van der Waals surface area contributed by atoms with E-state index in [9.17, 15) is 0 Å². The van der Waals surface area contributed by atoms with Crippen molar-refractivity contribution in [3.8, 4) is 0 Å². The third-order valence-corrected chi connectivity index (χ3v) is 3.80. The molecule has 1 saturated carbocycles. The van der Waals surface area contributed by atoms with Gasteiger partial charge in [-0.1, -0.05) is 29.8 Å². The summed E-state index contributed by atoms with van der Waals surface area (Å²) in [6.45, 7) is 11.5. The molecule has 0 aromatic heterocycles. The van der Waals surface area contributed by atoms with Gasteiger partial charge in [0.05, 0.1) is 6.61 Å². The van der Waals surface area contributed by atoms with Crippen LogP contribution in [0.2, 0.25) is 0 Å². The molecule has 1 aromatic carbocycles. The molecule has 0 bridgehead atoms. The van der Waals surface area contributed by atoms with Crippen LogP contribution in [0.3, 0.4) is 0 Å². The molecule has 1 unspecified atom stereocenters. The first-order valence-corrected chi connectivity index (χ1v) is 7.83. The highest BCUT2D eigenvalue weighted by atomic mass is 16.5. The van der Waals surface area contributed by atoms with Crippen molar-refractivity contribution >= 4 is 0 Å². The predicted octanol–water partition coefficient (Wildman–Crippen LogP) is 3.89. The fourth-order valence-electron chi connectivity index (χ4n) is 2.20. The van der Waals surface area contributed by atoms with Gasteiger partial charge in [0.1, 0.15) is 0 Å². The van der Waals surface area contributed by atoms with Gasteiger partial charge in [0.2, 0.25) is 0 Å². The summed E-state index contributed by atoms with van der Waals surface area (Å²) in [4.78, 5) is 0. The van der Waals surface area contributed by atoms with E-state index in [2.05, 4.69) is 57.3 Å². The molecule has 1 N–H and O–H groups in total. The van der Waals surface area contributed by atoms with Gasteiger partial charge in [-0.3, -0.25) is 0 Å². The minimum Gasteiger partial charge on any atom is -0.380 e. The molecule has 2 nitrogen and oxygen atoms in total. The molecule has 1 atom stereocenters. The normalized spacial score (nSPS) is 17.2. The van der Waals surface area contributed by atoms with Gasteiger partial charge in [0.25, 0.3) is 0 Å². The Hall–Kier alpha value is -0.860. The molecule has 20 heavy (non-hydrogen) atoms. The number of rotatable bonds is 7. The highest BCUT2D eigenvalue weighted by Crippen LogP contribution is 2.29. The Morgan fingerprint density at radius 1 is 1.20 bits per heavy atom. The van der Waals surface area contributed by atoms with Crippen molar-refractivity contribution in [3.05, 3.63) is 35.4 Å². The maximum atomic E-state index is 5.93. The van der Waals surface area contributed by atoms with Crippen LogP contribution in [-0.2, 0) is 4.74 Å². The van der Waals surface area contributed by atoms with Crippen molar-refractivity contribution in [2.24, 2.45) is 5.92 Å². The lowest BCUT2D eigenvalue weighted by Crippen LogP contribution is -2.39. The van der Waals surface area contributed by atoms with Crippen LogP contribution in [-0.4, -0.2) is 25.3 Å². The SMILES string of the molecule is Cc1ccc(C(CNC(C)(C)C)COCC2CC2)cc1. The van der Waals surface area contributed by atoms with Gasteiger partial charge in [-0.25, -0.2) is 0 Å². The minimum absolute atomic E-state index is 0.152. The first kappa shape index (κ1) is 15.5. The van der Waals surface area contributed by atoms with Crippen LogP contribution >= 0.6 is 0 Å². The highest BCUT2D eigenvalue weighted by Gasteiger charge is 2.22. The van der Waals surface area contributed by atoms with Crippen LogP contribution in [0.5, 0.6) is 0 Å². The topological polar surface area (TPSA) is 21.3 Å². The fraction of sp³-hybridized carbons (Fsp3) is 0.667. The summed E-state index contributed by atoms with van der Waals surface area (Å²) in [6, 6.07) is 8.87. The molecule has 2 heteroatoms. The summed E-state index contributed by atoms with van der Waals surface area (Å²) < 4.78 is 5.93. The van der Waals surface area contributed by atoms with E-state index in [1.807, 2.05) is 0 Å². The highest BCUT2D eigenvalue weighted by molar-refractivity contribution is 5.25. The molecule has 1 aromatic rings. The largest absolute Gasteiger partial charge is 0.380 e. The molecule has 2 rings (SSSR count). The lowest BCUT2D eigenvalue weighted by molar-refractivity contribution is 0.108. The van der Waals surface area contributed by atoms with Crippen LogP contribution in [0.1, 0.15) is 50.7 Å². The second-order valence-electron chi connectivity index (χ2n) is 7.22. The predicted molar refractivity (Wildman–Crippen MR) is 85.2 cm³/mol. The van der Waals surface area contributed by atoms with Gasteiger partial charge >= 0.3 is 0 Å². The second-order valence-corrected chi connectivity index (χ2v) is 7.22. The lowest BCUT2D eigenvalue weighted by Gasteiger charge is -2.25. The summed E-state index contributed by atoms with van der Waals surface area (Å²) in [5.74, 6) is 1.28. The molecular weight excluding hydrogens is 246 g/mol. The molecule has 0 radical (unpaired) electrons. The van der Waals surface area contributed by atoms with E-state index < -0.39 is 0 Å². The molecule has 1 aliphatic rings. The van der Waals surface area contributed by atoms with Crippen molar-refractivity contribution in [2.75, 3.05) is 19.8 Å². The first-order chi connectivity index (χ1) is 9.44. The van der Waals surface area contributed by atoms with E-state index in [1.165, 1.54) is 24.0 Å². The lowest BCUT2D eigenvalue weighted by atomic mass is 9.97. The monoisotopic (exact) mass is 275 g/mol. The number of ether oxygens (including phenoxy) is 1. The molecule has 1 fully saturated rings. The minimum atomic E-state index is 0.152. The third-order valence-electron chi connectivity index (χ3n) is 3.80. The Labute approximate surface area is 123 Å². The smallest absolute Gasteiger partial charge is 0.0547 e. The van der Waals surface area contributed by atoms with E-state index in [4.69, 9.17) is 4.74 Å². The molecular formula is C18H29NO. The Morgan fingerprint density at radius 2 is 1.85 bits per heavy atom. The summed E-state index contributed by atoms with van der Waals surface area (Å²) in [5.41, 5.74) is 2.85. The van der Waals surface area contributed by atoms with Crippen molar-refractivity contribution in [2.45, 2.75) is 52.0 Å².